The third-order valence-electron chi connectivity index (χ3n) is 5.08. The Morgan fingerprint density at radius 1 is 1.38 bits per heavy atom. The standard InChI is InChI=1S/C18H27NO2/c1-5-9-18(17(20)21)10-6-11-19(18)15(4)16-8-7-13(2)14(3)12-16/h7-8,12,15H,5-6,9-11H2,1-4H3,(H,20,21). The Kier molecular flexibility index (Phi) is 4.72. The average molecular weight is 289 g/mol. The van der Waals surface area contributed by atoms with E-state index in [1.165, 1.54) is 16.7 Å². The van der Waals surface area contributed by atoms with Gasteiger partial charge in [0.1, 0.15) is 5.54 Å². The van der Waals surface area contributed by atoms with Crippen LogP contribution in [0.2, 0.25) is 0 Å². The smallest absolute Gasteiger partial charge is 0.324 e. The molecule has 1 aromatic rings. The summed E-state index contributed by atoms with van der Waals surface area (Å²) >= 11 is 0. The van der Waals surface area contributed by atoms with E-state index in [-0.39, 0.29) is 6.04 Å². The van der Waals surface area contributed by atoms with Gasteiger partial charge in [-0.15, -0.1) is 0 Å². The number of aliphatic carboxylic acids is 1. The summed E-state index contributed by atoms with van der Waals surface area (Å²) in [5.41, 5.74) is 3.11. The molecule has 0 aromatic heterocycles. The largest absolute Gasteiger partial charge is 0.480 e. The zero-order chi connectivity index (χ0) is 15.6. The summed E-state index contributed by atoms with van der Waals surface area (Å²) in [5, 5.41) is 9.82. The normalized spacial score (nSPS) is 24.2. The number of rotatable bonds is 5. The van der Waals surface area contributed by atoms with Crippen molar-refractivity contribution in [3.05, 3.63) is 34.9 Å². The van der Waals surface area contributed by atoms with Crippen LogP contribution in [-0.2, 0) is 4.79 Å². The molecule has 2 unspecified atom stereocenters. The van der Waals surface area contributed by atoms with Crippen LogP contribution in [0.1, 0.15) is 62.3 Å². The zero-order valence-electron chi connectivity index (χ0n) is 13.6. The summed E-state index contributed by atoms with van der Waals surface area (Å²) in [6, 6.07) is 6.63. The van der Waals surface area contributed by atoms with Crippen molar-refractivity contribution < 1.29 is 9.90 Å². The molecule has 1 aliphatic heterocycles. The van der Waals surface area contributed by atoms with Crippen LogP contribution in [0.4, 0.5) is 0 Å². The lowest BCUT2D eigenvalue weighted by molar-refractivity contribution is -0.151. The molecule has 0 saturated carbocycles. The van der Waals surface area contributed by atoms with Gasteiger partial charge in [0.2, 0.25) is 0 Å². The predicted octanol–water partition coefficient (Wildman–Crippen LogP) is 4.08. The maximum absolute atomic E-state index is 11.9. The zero-order valence-corrected chi connectivity index (χ0v) is 13.6. The Balaban J connectivity index is 2.33. The van der Waals surface area contributed by atoms with E-state index in [1.54, 1.807) is 0 Å². The molecule has 21 heavy (non-hydrogen) atoms. The minimum atomic E-state index is -0.674. The maximum Gasteiger partial charge on any atom is 0.324 e. The van der Waals surface area contributed by atoms with Crippen molar-refractivity contribution in [3.8, 4) is 0 Å². The Morgan fingerprint density at radius 3 is 2.67 bits per heavy atom. The second-order valence-electron chi connectivity index (χ2n) is 6.40. The second-order valence-corrected chi connectivity index (χ2v) is 6.40. The minimum Gasteiger partial charge on any atom is -0.480 e. The van der Waals surface area contributed by atoms with E-state index in [0.29, 0.717) is 0 Å². The molecule has 0 spiro atoms. The molecule has 2 atom stereocenters. The van der Waals surface area contributed by atoms with Crippen LogP contribution in [0.5, 0.6) is 0 Å². The van der Waals surface area contributed by atoms with Crippen molar-refractivity contribution >= 4 is 5.97 Å². The van der Waals surface area contributed by atoms with Gasteiger partial charge in [0.15, 0.2) is 0 Å². The van der Waals surface area contributed by atoms with Gasteiger partial charge in [-0.1, -0.05) is 31.5 Å². The van der Waals surface area contributed by atoms with Gasteiger partial charge < -0.3 is 5.11 Å². The highest BCUT2D eigenvalue weighted by molar-refractivity contribution is 5.79. The molecule has 116 valence electrons. The number of benzene rings is 1. The molecule has 1 fully saturated rings. The Bertz CT molecular complexity index is 526. The first kappa shape index (κ1) is 16.0. The Labute approximate surface area is 128 Å². The van der Waals surface area contributed by atoms with Gasteiger partial charge in [-0.2, -0.15) is 0 Å². The summed E-state index contributed by atoms with van der Waals surface area (Å²) in [5.74, 6) is -0.655. The highest BCUT2D eigenvalue weighted by Gasteiger charge is 2.48. The molecule has 1 saturated heterocycles. The second kappa shape index (κ2) is 6.18. The first-order valence-corrected chi connectivity index (χ1v) is 7.99. The SMILES string of the molecule is CCCC1(C(=O)O)CCCN1C(C)c1ccc(C)c(C)c1. The van der Waals surface area contributed by atoms with Gasteiger partial charge >= 0.3 is 5.97 Å². The van der Waals surface area contributed by atoms with Crippen molar-refractivity contribution in [2.24, 2.45) is 0 Å². The molecule has 1 N–H and O–H groups in total. The van der Waals surface area contributed by atoms with E-state index >= 15 is 0 Å². The van der Waals surface area contributed by atoms with Gasteiger partial charge in [-0.3, -0.25) is 9.69 Å². The predicted molar refractivity (Wildman–Crippen MR) is 85.5 cm³/mol. The first-order valence-electron chi connectivity index (χ1n) is 7.99. The molecule has 2 rings (SSSR count). The van der Waals surface area contributed by atoms with Crippen molar-refractivity contribution in [1.29, 1.82) is 0 Å². The number of aryl methyl sites for hydroxylation is 2. The summed E-state index contributed by atoms with van der Waals surface area (Å²) in [6.45, 7) is 9.31. The number of nitrogens with zero attached hydrogens (tertiary/aromatic N) is 1. The molecular weight excluding hydrogens is 262 g/mol. The molecule has 3 heteroatoms. The van der Waals surface area contributed by atoms with Crippen molar-refractivity contribution in [2.45, 2.75) is 65.0 Å². The Morgan fingerprint density at radius 2 is 2.10 bits per heavy atom. The molecule has 1 heterocycles. The van der Waals surface area contributed by atoms with E-state index in [9.17, 15) is 9.90 Å². The lowest BCUT2D eigenvalue weighted by Gasteiger charge is -2.39. The fraction of sp³-hybridized carbons (Fsp3) is 0.611. The van der Waals surface area contributed by atoms with Gasteiger partial charge in [0.05, 0.1) is 0 Å². The fourth-order valence-electron chi connectivity index (χ4n) is 3.69. The highest BCUT2D eigenvalue weighted by Crippen LogP contribution is 2.40. The van der Waals surface area contributed by atoms with Gasteiger partial charge in [0, 0.05) is 6.04 Å². The van der Waals surface area contributed by atoms with Crippen LogP contribution in [0.15, 0.2) is 18.2 Å². The number of carboxylic acid groups (broad SMARTS) is 1. The van der Waals surface area contributed by atoms with Crippen LogP contribution in [0.25, 0.3) is 0 Å². The molecule has 1 aromatic carbocycles. The van der Waals surface area contributed by atoms with Crippen LogP contribution in [-0.4, -0.2) is 28.1 Å². The lowest BCUT2D eigenvalue weighted by atomic mass is 9.88. The molecule has 0 amide bonds. The molecule has 0 bridgehead atoms. The number of hydrogen-bond acceptors (Lipinski definition) is 2. The number of carboxylic acids is 1. The third-order valence-corrected chi connectivity index (χ3v) is 5.08. The van der Waals surface area contributed by atoms with Crippen LogP contribution >= 0.6 is 0 Å². The van der Waals surface area contributed by atoms with E-state index in [1.807, 2.05) is 0 Å². The van der Waals surface area contributed by atoms with Crippen LogP contribution in [0, 0.1) is 13.8 Å². The maximum atomic E-state index is 11.9. The first-order chi connectivity index (χ1) is 9.92. The van der Waals surface area contributed by atoms with Gasteiger partial charge in [-0.05, 0) is 63.3 Å². The minimum absolute atomic E-state index is 0.148. The number of likely N-dealkylation sites (tertiary alicyclic amines) is 1. The van der Waals surface area contributed by atoms with Crippen molar-refractivity contribution in [2.75, 3.05) is 6.54 Å². The highest BCUT2D eigenvalue weighted by atomic mass is 16.4. The summed E-state index contributed by atoms with van der Waals surface area (Å²) in [7, 11) is 0. The van der Waals surface area contributed by atoms with Crippen molar-refractivity contribution in [1.82, 2.24) is 4.90 Å². The third kappa shape index (κ3) is 2.84. The average Bonchev–Trinajstić information content (AvgIpc) is 2.86. The topological polar surface area (TPSA) is 40.5 Å². The Hall–Kier alpha value is -1.35. The van der Waals surface area contributed by atoms with E-state index in [2.05, 4.69) is 50.8 Å². The number of carbonyl (C=O) groups is 1. The van der Waals surface area contributed by atoms with Crippen molar-refractivity contribution in [3.63, 3.8) is 0 Å². The summed E-state index contributed by atoms with van der Waals surface area (Å²) in [4.78, 5) is 14.2. The summed E-state index contributed by atoms with van der Waals surface area (Å²) < 4.78 is 0. The van der Waals surface area contributed by atoms with E-state index < -0.39 is 11.5 Å². The van der Waals surface area contributed by atoms with E-state index in [0.717, 1.165) is 32.2 Å². The molecule has 0 aliphatic carbocycles. The van der Waals surface area contributed by atoms with Crippen LogP contribution < -0.4 is 0 Å². The number of hydrogen-bond donors (Lipinski definition) is 1. The van der Waals surface area contributed by atoms with E-state index in [4.69, 9.17) is 0 Å². The molecular formula is C18H27NO2. The summed E-state index contributed by atoms with van der Waals surface area (Å²) in [6.07, 6.45) is 3.38. The van der Waals surface area contributed by atoms with Gasteiger partial charge in [0.25, 0.3) is 0 Å². The monoisotopic (exact) mass is 289 g/mol. The lowest BCUT2D eigenvalue weighted by Crippen LogP contribution is -2.51. The molecule has 0 radical (unpaired) electrons. The fourth-order valence-corrected chi connectivity index (χ4v) is 3.69. The quantitative estimate of drug-likeness (QED) is 0.887. The molecule has 3 nitrogen and oxygen atoms in total. The van der Waals surface area contributed by atoms with Crippen LogP contribution in [0.3, 0.4) is 0 Å². The van der Waals surface area contributed by atoms with Gasteiger partial charge in [-0.25, -0.2) is 0 Å². The molecule has 1 aliphatic rings.